The van der Waals surface area contributed by atoms with Crippen molar-refractivity contribution in [3.05, 3.63) is 59.4 Å². The number of carbonyl (C=O) groups is 3. The van der Waals surface area contributed by atoms with Crippen LogP contribution in [-0.2, 0) is 14.8 Å². The van der Waals surface area contributed by atoms with E-state index in [2.05, 4.69) is 17.2 Å². The highest BCUT2D eigenvalue weighted by Gasteiger charge is 2.20. The molecular formula is C23H29N3O6S. The minimum absolute atomic E-state index is 0.0260. The number of sulfonamides is 1. The molecule has 0 aliphatic heterocycles. The molecule has 0 aliphatic rings. The Balaban J connectivity index is 1.99. The van der Waals surface area contributed by atoms with E-state index in [0.717, 1.165) is 25.5 Å². The van der Waals surface area contributed by atoms with E-state index in [1.54, 1.807) is 6.92 Å². The second-order valence-electron chi connectivity index (χ2n) is 7.60. The Morgan fingerprint density at radius 2 is 1.67 bits per heavy atom. The standard InChI is InChI=1S/C23H29N3O6S/c1-4-6-7-16(3)15-32-23(29)20-13-10-18(14-25-20)22(28)26-33(30,31)19-11-8-17(9-12-19)21(27)24-5-2/h8-14,16H,4-7,15H2,1-3H3,(H,24,27)(H,26,28). The normalized spacial score (nSPS) is 12.0. The van der Waals surface area contributed by atoms with Crippen molar-refractivity contribution in [2.45, 2.75) is 44.9 Å². The molecule has 2 aromatic rings. The van der Waals surface area contributed by atoms with E-state index in [1.165, 1.54) is 36.4 Å². The lowest BCUT2D eigenvalue weighted by Crippen LogP contribution is -2.31. The lowest BCUT2D eigenvalue weighted by atomic mass is 10.1. The molecule has 1 unspecified atom stereocenters. The fourth-order valence-electron chi connectivity index (χ4n) is 2.86. The van der Waals surface area contributed by atoms with Crippen molar-refractivity contribution in [2.75, 3.05) is 13.2 Å². The fourth-order valence-corrected chi connectivity index (χ4v) is 3.84. The van der Waals surface area contributed by atoms with Gasteiger partial charge in [-0.1, -0.05) is 26.7 Å². The molecule has 0 spiro atoms. The lowest BCUT2D eigenvalue weighted by molar-refractivity contribution is 0.0435. The number of esters is 1. The third-order valence-corrected chi connectivity index (χ3v) is 6.12. The molecule has 0 aliphatic carbocycles. The van der Waals surface area contributed by atoms with Crippen LogP contribution in [0, 0.1) is 5.92 Å². The van der Waals surface area contributed by atoms with Crippen molar-refractivity contribution in [3.8, 4) is 0 Å². The van der Waals surface area contributed by atoms with E-state index in [9.17, 15) is 22.8 Å². The number of nitrogens with zero attached hydrogens (tertiary/aromatic N) is 1. The molecule has 9 nitrogen and oxygen atoms in total. The Labute approximate surface area is 194 Å². The Hall–Kier alpha value is -3.27. The van der Waals surface area contributed by atoms with Gasteiger partial charge in [0.1, 0.15) is 5.69 Å². The van der Waals surface area contributed by atoms with Gasteiger partial charge in [-0.3, -0.25) is 9.59 Å². The molecule has 2 N–H and O–H groups in total. The van der Waals surface area contributed by atoms with Crippen molar-refractivity contribution < 1.29 is 27.5 Å². The summed E-state index contributed by atoms with van der Waals surface area (Å²) in [5.41, 5.74) is 0.289. The van der Waals surface area contributed by atoms with Crippen LogP contribution in [-0.4, -0.2) is 44.3 Å². The van der Waals surface area contributed by atoms with Crippen molar-refractivity contribution in [2.24, 2.45) is 5.92 Å². The van der Waals surface area contributed by atoms with E-state index in [4.69, 9.17) is 4.74 Å². The molecule has 0 fully saturated rings. The molecule has 2 rings (SSSR count). The Kier molecular flexibility index (Phi) is 9.53. The highest BCUT2D eigenvalue weighted by Crippen LogP contribution is 2.13. The average Bonchev–Trinajstić information content (AvgIpc) is 2.81. The van der Waals surface area contributed by atoms with Gasteiger partial charge in [-0.05, 0) is 55.7 Å². The van der Waals surface area contributed by atoms with Gasteiger partial charge < -0.3 is 10.1 Å². The smallest absolute Gasteiger partial charge is 0.356 e. The molecule has 33 heavy (non-hydrogen) atoms. The predicted octanol–water partition coefficient (Wildman–Crippen LogP) is 2.93. The number of hydrogen-bond donors (Lipinski definition) is 2. The Bertz CT molecular complexity index is 1070. The largest absolute Gasteiger partial charge is 0.461 e. The summed E-state index contributed by atoms with van der Waals surface area (Å²) < 4.78 is 32.2. The summed E-state index contributed by atoms with van der Waals surface area (Å²) >= 11 is 0. The Morgan fingerprint density at radius 1 is 1.00 bits per heavy atom. The van der Waals surface area contributed by atoms with Gasteiger partial charge in [-0.15, -0.1) is 0 Å². The molecule has 10 heteroatoms. The van der Waals surface area contributed by atoms with E-state index < -0.39 is 21.9 Å². The van der Waals surface area contributed by atoms with Gasteiger partial charge in [0.2, 0.25) is 0 Å². The maximum Gasteiger partial charge on any atom is 0.356 e. The Morgan fingerprint density at radius 3 is 2.24 bits per heavy atom. The van der Waals surface area contributed by atoms with Gasteiger partial charge in [-0.25, -0.2) is 22.9 Å². The zero-order valence-corrected chi connectivity index (χ0v) is 19.8. The van der Waals surface area contributed by atoms with Crippen molar-refractivity contribution >= 4 is 27.8 Å². The van der Waals surface area contributed by atoms with Crippen LogP contribution in [0.3, 0.4) is 0 Å². The first-order valence-corrected chi connectivity index (χ1v) is 12.2. The maximum atomic E-state index is 12.5. The molecule has 0 bridgehead atoms. The van der Waals surface area contributed by atoms with E-state index in [0.29, 0.717) is 12.1 Å². The maximum absolute atomic E-state index is 12.5. The fraction of sp³-hybridized carbons (Fsp3) is 0.391. The highest BCUT2D eigenvalue weighted by molar-refractivity contribution is 7.90. The first-order valence-electron chi connectivity index (χ1n) is 10.8. The van der Waals surface area contributed by atoms with E-state index >= 15 is 0 Å². The second-order valence-corrected chi connectivity index (χ2v) is 9.28. The molecule has 1 atom stereocenters. The minimum Gasteiger partial charge on any atom is -0.461 e. The SMILES string of the molecule is CCCCC(C)COC(=O)c1ccc(C(=O)NS(=O)(=O)c2ccc(C(=O)NCC)cc2)cn1. The summed E-state index contributed by atoms with van der Waals surface area (Å²) in [5.74, 6) is -1.60. The van der Waals surface area contributed by atoms with Crippen molar-refractivity contribution in [1.82, 2.24) is 15.0 Å². The number of unbranched alkanes of at least 4 members (excludes halogenated alkanes) is 1. The summed E-state index contributed by atoms with van der Waals surface area (Å²) in [7, 11) is -4.17. The molecule has 2 amide bonds. The molecule has 1 heterocycles. The quantitative estimate of drug-likeness (QED) is 0.478. The molecule has 0 saturated carbocycles. The van der Waals surface area contributed by atoms with Crippen LogP contribution >= 0.6 is 0 Å². The summed E-state index contributed by atoms with van der Waals surface area (Å²) in [6.45, 7) is 6.58. The molecule has 1 aromatic heterocycles. The second kappa shape index (κ2) is 12.1. The van der Waals surface area contributed by atoms with Gasteiger partial charge in [-0.2, -0.15) is 0 Å². The number of nitrogens with one attached hydrogen (secondary N) is 2. The predicted molar refractivity (Wildman–Crippen MR) is 122 cm³/mol. The number of aromatic nitrogens is 1. The number of hydrogen-bond acceptors (Lipinski definition) is 7. The highest BCUT2D eigenvalue weighted by atomic mass is 32.2. The van der Waals surface area contributed by atoms with Gasteiger partial charge in [0.15, 0.2) is 0 Å². The van der Waals surface area contributed by atoms with Crippen molar-refractivity contribution in [3.63, 3.8) is 0 Å². The number of amides is 2. The number of benzene rings is 1. The molecular weight excluding hydrogens is 446 g/mol. The number of carbonyl (C=O) groups excluding carboxylic acids is 3. The first-order chi connectivity index (χ1) is 15.7. The summed E-state index contributed by atoms with van der Waals surface area (Å²) in [5, 5.41) is 2.61. The van der Waals surface area contributed by atoms with Crippen LogP contribution in [0.1, 0.15) is 71.2 Å². The minimum atomic E-state index is -4.17. The van der Waals surface area contributed by atoms with E-state index in [1.807, 2.05) is 11.6 Å². The van der Waals surface area contributed by atoms with Crippen LogP contribution in [0.25, 0.3) is 0 Å². The monoisotopic (exact) mass is 475 g/mol. The van der Waals surface area contributed by atoms with Gasteiger partial charge in [0, 0.05) is 18.3 Å². The first kappa shape index (κ1) is 26.0. The molecule has 0 radical (unpaired) electrons. The van der Waals surface area contributed by atoms with Crippen LogP contribution in [0.2, 0.25) is 0 Å². The van der Waals surface area contributed by atoms with Gasteiger partial charge in [0.25, 0.3) is 21.8 Å². The molecule has 178 valence electrons. The molecule has 1 aromatic carbocycles. The third-order valence-electron chi connectivity index (χ3n) is 4.78. The summed E-state index contributed by atoms with van der Waals surface area (Å²) in [6.07, 6.45) is 4.20. The lowest BCUT2D eigenvalue weighted by Gasteiger charge is -2.11. The summed E-state index contributed by atoms with van der Waals surface area (Å²) in [4.78, 5) is 40.0. The third kappa shape index (κ3) is 7.67. The van der Waals surface area contributed by atoms with Crippen LogP contribution < -0.4 is 10.0 Å². The van der Waals surface area contributed by atoms with E-state index in [-0.39, 0.29) is 34.6 Å². The zero-order chi connectivity index (χ0) is 24.4. The average molecular weight is 476 g/mol. The van der Waals surface area contributed by atoms with Crippen molar-refractivity contribution in [1.29, 1.82) is 0 Å². The van der Waals surface area contributed by atoms with Gasteiger partial charge in [0.05, 0.1) is 17.1 Å². The van der Waals surface area contributed by atoms with Crippen LogP contribution in [0.5, 0.6) is 0 Å². The number of rotatable bonds is 11. The molecule has 0 saturated heterocycles. The number of ether oxygens (including phenoxy) is 1. The van der Waals surface area contributed by atoms with Crippen LogP contribution in [0.15, 0.2) is 47.5 Å². The summed E-state index contributed by atoms with van der Waals surface area (Å²) in [6, 6.07) is 7.79. The number of pyridine rings is 1. The topological polar surface area (TPSA) is 132 Å². The van der Waals surface area contributed by atoms with Gasteiger partial charge >= 0.3 is 5.97 Å². The van der Waals surface area contributed by atoms with Crippen LogP contribution in [0.4, 0.5) is 0 Å². The zero-order valence-electron chi connectivity index (χ0n) is 19.0.